The topological polar surface area (TPSA) is 97.3 Å². The normalized spacial score (nSPS) is 15.7. The van der Waals surface area contributed by atoms with Crippen LogP contribution in [0.4, 0.5) is 5.69 Å². The maximum Gasteiger partial charge on any atom is 0.265 e. The number of nitrogens with one attached hydrogen (secondary N) is 1. The predicted molar refractivity (Wildman–Crippen MR) is 118 cm³/mol. The summed E-state index contributed by atoms with van der Waals surface area (Å²) in [5, 5.41) is 2.85. The van der Waals surface area contributed by atoms with Crippen LogP contribution in [0.5, 0.6) is 5.75 Å². The van der Waals surface area contributed by atoms with Crippen molar-refractivity contribution < 1.29 is 14.3 Å². The highest BCUT2D eigenvalue weighted by Gasteiger charge is 2.31. The molecule has 1 aliphatic heterocycles. The fourth-order valence-corrected chi connectivity index (χ4v) is 4.42. The molecule has 0 bridgehead atoms. The van der Waals surface area contributed by atoms with E-state index in [1.807, 2.05) is 24.0 Å². The number of hydrogen-bond donors (Lipinski definition) is 1. The number of benzene rings is 1. The quantitative estimate of drug-likeness (QED) is 0.657. The number of carbonyl (C=O) groups is 2. The van der Waals surface area contributed by atoms with Crippen molar-refractivity contribution in [3.8, 4) is 5.75 Å². The number of likely N-dealkylation sites (tertiary alicyclic amines) is 1. The first-order valence-corrected chi connectivity index (χ1v) is 10.8. The van der Waals surface area contributed by atoms with Crippen LogP contribution >= 0.6 is 11.3 Å². The Morgan fingerprint density at radius 1 is 1.19 bits per heavy atom. The van der Waals surface area contributed by atoms with Crippen molar-refractivity contribution in [2.24, 2.45) is 0 Å². The molecule has 4 rings (SSSR count). The Kier molecular flexibility index (Phi) is 5.94. The van der Waals surface area contributed by atoms with Crippen molar-refractivity contribution in [1.29, 1.82) is 0 Å². The molecule has 1 atom stereocenters. The van der Waals surface area contributed by atoms with E-state index in [4.69, 9.17) is 4.74 Å². The molecule has 3 aromatic rings. The first kappa shape index (κ1) is 20.9. The molecular formula is C22H23N5O3S. The van der Waals surface area contributed by atoms with Crippen molar-refractivity contribution in [3.63, 3.8) is 0 Å². The van der Waals surface area contributed by atoms with Gasteiger partial charge in [0.15, 0.2) is 0 Å². The smallest absolute Gasteiger partial charge is 0.265 e. The van der Waals surface area contributed by atoms with Crippen molar-refractivity contribution in [3.05, 3.63) is 63.6 Å². The van der Waals surface area contributed by atoms with E-state index >= 15 is 0 Å². The van der Waals surface area contributed by atoms with Crippen LogP contribution in [0, 0.1) is 13.8 Å². The second-order valence-electron chi connectivity index (χ2n) is 7.39. The number of thiazole rings is 1. The number of carbonyl (C=O) groups excluding carboxylic acids is 2. The highest BCUT2D eigenvalue weighted by Crippen LogP contribution is 2.28. The zero-order valence-corrected chi connectivity index (χ0v) is 18.4. The zero-order chi connectivity index (χ0) is 22.0. The van der Waals surface area contributed by atoms with Crippen LogP contribution in [0.1, 0.15) is 49.6 Å². The van der Waals surface area contributed by atoms with Gasteiger partial charge in [-0.3, -0.25) is 9.59 Å². The van der Waals surface area contributed by atoms with Gasteiger partial charge in [-0.1, -0.05) is 12.1 Å². The molecule has 160 valence electrons. The Labute approximate surface area is 184 Å². The third-order valence-corrected chi connectivity index (χ3v) is 6.29. The summed E-state index contributed by atoms with van der Waals surface area (Å²) in [6.45, 7) is 4.85. The molecule has 0 radical (unpaired) electrons. The Morgan fingerprint density at radius 2 is 2.00 bits per heavy atom. The molecule has 2 aromatic heterocycles. The van der Waals surface area contributed by atoms with Crippen LogP contribution in [0.15, 0.2) is 36.0 Å². The Bertz CT molecular complexity index is 1130. The van der Waals surface area contributed by atoms with Gasteiger partial charge >= 0.3 is 0 Å². The van der Waals surface area contributed by atoms with E-state index in [0.29, 0.717) is 46.5 Å². The summed E-state index contributed by atoms with van der Waals surface area (Å²) >= 11 is 1.37. The zero-order valence-electron chi connectivity index (χ0n) is 17.6. The molecule has 1 saturated heterocycles. The minimum atomic E-state index is -0.294. The Balaban J connectivity index is 1.46. The summed E-state index contributed by atoms with van der Waals surface area (Å²) < 4.78 is 5.28. The first-order valence-electron chi connectivity index (χ1n) is 9.95. The second kappa shape index (κ2) is 8.81. The van der Waals surface area contributed by atoms with Crippen molar-refractivity contribution in [2.45, 2.75) is 26.2 Å². The number of rotatable bonds is 5. The van der Waals surface area contributed by atoms with Gasteiger partial charge in [0, 0.05) is 25.2 Å². The molecule has 0 unspecified atom stereocenters. The van der Waals surface area contributed by atoms with Crippen molar-refractivity contribution in [2.75, 3.05) is 25.5 Å². The lowest BCUT2D eigenvalue weighted by atomic mass is 10.1. The average Bonchev–Trinajstić information content (AvgIpc) is 3.43. The minimum absolute atomic E-state index is 0.00651. The number of ether oxygens (including phenoxy) is 1. The second-order valence-corrected chi connectivity index (χ2v) is 8.24. The number of aromatic nitrogens is 3. The molecule has 1 aromatic carbocycles. The van der Waals surface area contributed by atoms with Gasteiger partial charge in [-0.15, -0.1) is 11.3 Å². The summed E-state index contributed by atoms with van der Waals surface area (Å²) in [4.78, 5) is 41.2. The number of aryl methyl sites for hydroxylation is 2. The van der Waals surface area contributed by atoms with Crippen molar-refractivity contribution in [1.82, 2.24) is 19.9 Å². The molecule has 0 aliphatic carbocycles. The van der Waals surface area contributed by atoms with E-state index in [1.165, 1.54) is 11.3 Å². The Hall–Kier alpha value is -3.33. The van der Waals surface area contributed by atoms with Gasteiger partial charge in [0.25, 0.3) is 11.8 Å². The molecular weight excluding hydrogens is 414 g/mol. The lowest BCUT2D eigenvalue weighted by Crippen LogP contribution is -2.28. The van der Waals surface area contributed by atoms with Gasteiger partial charge in [0.05, 0.1) is 35.3 Å². The molecule has 1 fully saturated rings. The molecule has 8 nitrogen and oxygen atoms in total. The van der Waals surface area contributed by atoms with Gasteiger partial charge < -0.3 is 15.0 Å². The minimum Gasteiger partial charge on any atom is -0.495 e. The number of hydrogen-bond acceptors (Lipinski definition) is 7. The average molecular weight is 438 g/mol. The summed E-state index contributed by atoms with van der Waals surface area (Å²) in [5.41, 5.74) is 4.04. The fourth-order valence-electron chi connectivity index (χ4n) is 3.65. The number of nitrogens with zero attached hydrogens (tertiary/aromatic N) is 4. The first-order chi connectivity index (χ1) is 15.0. The van der Waals surface area contributed by atoms with E-state index < -0.39 is 0 Å². The molecule has 2 amide bonds. The van der Waals surface area contributed by atoms with Crippen LogP contribution in [0.2, 0.25) is 0 Å². The molecule has 0 saturated carbocycles. The van der Waals surface area contributed by atoms with E-state index in [2.05, 4.69) is 20.3 Å². The lowest BCUT2D eigenvalue weighted by molar-refractivity contribution is 0.0794. The third kappa shape index (κ3) is 4.27. The molecule has 3 heterocycles. The highest BCUT2D eigenvalue weighted by molar-refractivity contribution is 7.11. The van der Waals surface area contributed by atoms with Gasteiger partial charge in [0.2, 0.25) is 0 Å². The SMILES string of the molecule is COc1ccccc1NC(=O)c1cnc([C@@H]2CCN(C(=O)c3scnc3C)C2)nc1C. The maximum absolute atomic E-state index is 12.7. The van der Waals surface area contributed by atoms with E-state index in [-0.39, 0.29) is 17.7 Å². The van der Waals surface area contributed by atoms with Crippen LogP contribution in [0.25, 0.3) is 0 Å². The van der Waals surface area contributed by atoms with Gasteiger partial charge in [-0.2, -0.15) is 0 Å². The summed E-state index contributed by atoms with van der Waals surface area (Å²) in [7, 11) is 1.56. The van der Waals surface area contributed by atoms with Crippen molar-refractivity contribution >= 4 is 28.8 Å². The highest BCUT2D eigenvalue weighted by atomic mass is 32.1. The van der Waals surface area contributed by atoms with Gasteiger partial charge in [-0.05, 0) is 32.4 Å². The number of methoxy groups -OCH3 is 1. The number of amides is 2. The lowest BCUT2D eigenvalue weighted by Gasteiger charge is -2.16. The van der Waals surface area contributed by atoms with Crippen LogP contribution in [-0.2, 0) is 0 Å². The molecule has 1 aliphatic rings. The van der Waals surface area contributed by atoms with E-state index in [0.717, 1.165) is 12.1 Å². The summed E-state index contributed by atoms with van der Waals surface area (Å²) in [5.74, 6) is 0.993. The van der Waals surface area contributed by atoms with E-state index in [9.17, 15) is 9.59 Å². The predicted octanol–water partition coefficient (Wildman–Crippen LogP) is 3.44. The molecule has 31 heavy (non-hydrogen) atoms. The standard InChI is InChI=1S/C22H23N5O3S/c1-13-16(21(28)26-17-6-4-5-7-18(17)30-3)10-23-20(25-13)15-8-9-27(11-15)22(29)19-14(2)24-12-31-19/h4-7,10,12,15H,8-9,11H2,1-3H3,(H,26,28)/t15-/m1/s1. The fraction of sp³-hybridized carbons (Fsp3) is 0.318. The molecule has 1 N–H and O–H groups in total. The largest absolute Gasteiger partial charge is 0.495 e. The summed E-state index contributed by atoms with van der Waals surface area (Å²) in [6.07, 6.45) is 2.34. The number of para-hydroxylation sites is 2. The monoisotopic (exact) mass is 437 g/mol. The van der Waals surface area contributed by atoms with Crippen LogP contribution in [0.3, 0.4) is 0 Å². The summed E-state index contributed by atoms with van der Waals surface area (Å²) in [6, 6.07) is 7.22. The Morgan fingerprint density at radius 3 is 2.71 bits per heavy atom. The van der Waals surface area contributed by atoms with Gasteiger partial charge in [0.1, 0.15) is 16.5 Å². The van der Waals surface area contributed by atoms with Gasteiger partial charge in [-0.25, -0.2) is 15.0 Å². The third-order valence-electron chi connectivity index (χ3n) is 5.38. The molecule has 9 heteroatoms. The number of anilines is 1. The maximum atomic E-state index is 12.7. The molecule has 0 spiro atoms. The van der Waals surface area contributed by atoms with E-state index in [1.54, 1.807) is 37.9 Å². The van der Waals surface area contributed by atoms with Crippen LogP contribution in [-0.4, -0.2) is 51.9 Å². The van der Waals surface area contributed by atoms with Crippen LogP contribution < -0.4 is 10.1 Å².